The van der Waals surface area contributed by atoms with Crippen LogP contribution in [0.2, 0.25) is 0 Å². The number of morpholine rings is 1. The smallest absolute Gasteiger partial charge is 0.240 e. The Morgan fingerprint density at radius 2 is 2.54 bits per heavy atom. The van der Waals surface area contributed by atoms with Gasteiger partial charge >= 0.3 is 0 Å². The minimum Gasteiger partial charge on any atom is -0.394 e. The third-order valence-electron chi connectivity index (χ3n) is 1.99. The van der Waals surface area contributed by atoms with Gasteiger partial charge in [0.2, 0.25) is 5.91 Å². The van der Waals surface area contributed by atoms with Gasteiger partial charge in [-0.05, 0) is 6.92 Å². The van der Waals surface area contributed by atoms with Gasteiger partial charge in [-0.2, -0.15) is 0 Å². The first-order chi connectivity index (χ1) is 6.15. The lowest BCUT2D eigenvalue weighted by molar-refractivity contribution is -0.139. The topological polar surface area (TPSA) is 49.8 Å². The van der Waals surface area contributed by atoms with Crippen molar-refractivity contribution in [3.63, 3.8) is 0 Å². The summed E-state index contributed by atoms with van der Waals surface area (Å²) in [6.45, 7) is 3.06. The average molecular weight is 208 g/mol. The number of aliphatic hydroxyl groups excluding tert-OH is 1. The monoisotopic (exact) mass is 207 g/mol. The molecule has 13 heavy (non-hydrogen) atoms. The van der Waals surface area contributed by atoms with Gasteiger partial charge < -0.3 is 14.7 Å². The molecule has 76 valence electrons. The molecule has 0 bridgehead atoms. The highest BCUT2D eigenvalue weighted by Gasteiger charge is 2.25. The van der Waals surface area contributed by atoms with Crippen molar-refractivity contribution in [2.45, 2.75) is 18.4 Å². The van der Waals surface area contributed by atoms with Gasteiger partial charge in [-0.1, -0.05) is 0 Å². The van der Waals surface area contributed by atoms with Crippen molar-refractivity contribution in [2.24, 2.45) is 0 Å². The molecule has 0 radical (unpaired) electrons. The Labute approximate surface area is 82.4 Å². The van der Waals surface area contributed by atoms with Gasteiger partial charge in [0, 0.05) is 13.1 Å². The summed E-state index contributed by atoms with van der Waals surface area (Å²) in [4.78, 5) is 13.0. The Balaban J connectivity index is 2.46. The Hall–Kier alpha value is -0.320. The first-order valence-electron chi connectivity index (χ1n) is 4.30. The van der Waals surface area contributed by atoms with Crippen LogP contribution in [0.15, 0.2) is 0 Å². The first kappa shape index (κ1) is 10.8. The number of rotatable bonds is 2. The predicted molar refractivity (Wildman–Crippen MR) is 48.7 cm³/mol. The van der Waals surface area contributed by atoms with Gasteiger partial charge in [0.05, 0.1) is 19.3 Å². The van der Waals surface area contributed by atoms with Crippen molar-refractivity contribution in [3.8, 4) is 0 Å². The second kappa shape index (κ2) is 4.79. The molecular weight excluding hydrogens is 194 g/mol. The van der Waals surface area contributed by atoms with Crippen molar-refractivity contribution in [3.05, 3.63) is 0 Å². The molecule has 0 saturated carbocycles. The molecule has 0 aromatic heterocycles. The van der Waals surface area contributed by atoms with E-state index >= 15 is 0 Å². The molecule has 1 heterocycles. The maximum Gasteiger partial charge on any atom is 0.240 e. The van der Waals surface area contributed by atoms with E-state index in [4.69, 9.17) is 21.4 Å². The zero-order valence-electron chi connectivity index (χ0n) is 7.57. The molecule has 0 aromatic rings. The quantitative estimate of drug-likeness (QED) is 0.640. The lowest BCUT2D eigenvalue weighted by Crippen LogP contribution is -2.48. The molecule has 0 aliphatic carbocycles. The zero-order chi connectivity index (χ0) is 9.84. The molecule has 4 nitrogen and oxygen atoms in total. The van der Waals surface area contributed by atoms with E-state index in [0.717, 1.165) is 0 Å². The molecule has 1 amide bonds. The number of amides is 1. The summed E-state index contributed by atoms with van der Waals surface area (Å²) in [6, 6.07) is 0. The summed E-state index contributed by atoms with van der Waals surface area (Å²) in [7, 11) is 0. The Kier molecular flexibility index (Phi) is 3.96. The first-order valence-corrected chi connectivity index (χ1v) is 4.74. The van der Waals surface area contributed by atoms with E-state index in [0.29, 0.717) is 19.7 Å². The highest BCUT2D eigenvalue weighted by atomic mass is 35.5. The molecule has 0 spiro atoms. The summed E-state index contributed by atoms with van der Waals surface area (Å²) in [5, 5.41) is 8.33. The summed E-state index contributed by atoms with van der Waals surface area (Å²) in [5.74, 6) is -0.0941. The second-order valence-electron chi connectivity index (χ2n) is 3.08. The third kappa shape index (κ3) is 2.83. The summed E-state index contributed by atoms with van der Waals surface area (Å²) in [6.07, 6.45) is -0.256. The van der Waals surface area contributed by atoms with Gasteiger partial charge in [-0.25, -0.2) is 0 Å². The maximum absolute atomic E-state index is 11.4. The van der Waals surface area contributed by atoms with E-state index in [1.807, 2.05) is 0 Å². The molecule has 2 unspecified atom stereocenters. The zero-order valence-corrected chi connectivity index (χ0v) is 8.33. The third-order valence-corrected chi connectivity index (χ3v) is 2.18. The number of carbonyl (C=O) groups is 1. The van der Waals surface area contributed by atoms with E-state index in [9.17, 15) is 4.79 Å². The summed E-state index contributed by atoms with van der Waals surface area (Å²) < 4.78 is 5.20. The van der Waals surface area contributed by atoms with Crippen molar-refractivity contribution in [2.75, 3.05) is 26.3 Å². The van der Waals surface area contributed by atoms with Crippen LogP contribution in [0.1, 0.15) is 6.92 Å². The van der Waals surface area contributed by atoms with Gasteiger partial charge in [-0.3, -0.25) is 4.79 Å². The van der Waals surface area contributed by atoms with Crippen LogP contribution in [0.3, 0.4) is 0 Å². The van der Waals surface area contributed by atoms with Crippen LogP contribution >= 0.6 is 11.6 Å². The Morgan fingerprint density at radius 3 is 3.08 bits per heavy atom. The summed E-state index contributed by atoms with van der Waals surface area (Å²) in [5.41, 5.74) is 0. The van der Waals surface area contributed by atoms with Crippen molar-refractivity contribution in [1.29, 1.82) is 0 Å². The van der Waals surface area contributed by atoms with E-state index < -0.39 is 5.38 Å². The number of hydrogen-bond donors (Lipinski definition) is 1. The highest BCUT2D eigenvalue weighted by molar-refractivity contribution is 6.30. The molecule has 2 atom stereocenters. The van der Waals surface area contributed by atoms with Crippen LogP contribution in [0.25, 0.3) is 0 Å². The lowest BCUT2D eigenvalue weighted by atomic mass is 10.2. The van der Waals surface area contributed by atoms with E-state index in [1.165, 1.54) is 0 Å². The molecule has 1 rings (SSSR count). The van der Waals surface area contributed by atoms with Gasteiger partial charge in [0.25, 0.3) is 0 Å². The van der Waals surface area contributed by atoms with E-state index in [-0.39, 0.29) is 18.6 Å². The van der Waals surface area contributed by atoms with E-state index in [1.54, 1.807) is 11.8 Å². The molecule has 1 aliphatic heterocycles. The molecule has 1 N–H and O–H groups in total. The SMILES string of the molecule is CC(Cl)C(=O)N1CCOC(CO)C1. The predicted octanol–water partition coefficient (Wildman–Crippen LogP) is -0.167. The number of aliphatic hydroxyl groups is 1. The molecule has 1 fully saturated rings. The Bertz CT molecular complexity index is 186. The van der Waals surface area contributed by atoms with Crippen molar-refractivity contribution in [1.82, 2.24) is 4.90 Å². The highest BCUT2D eigenvalue weighted by Crippen LogP contribution is 2.08. The minimum atomic E-state index is -0.502. The van der Waals surface area contributed by atoms with Gasteiger partial charge in [0.15, 0.2) is 0 Å². The maximum atomic E-state index is 11.4. The number of hydrogen-bond acceptors (Lipinski definition) is 3. The normalized spacial score (nSPS) is 25.8. The standard InChI is InChI=1S/C8H14ClNO3/c1-6(9)8(12)10-2-3-13-7(4-10)5-11/h6-7,11H,2-5H2,1H3. The Morgan fingerprint density at radius 1 is 1.85 bits per heavy atom. The second-order valence-corrected chi connectivity index (χ2v) is 3.73. The number of nitrogens with zero attached hydrogens (tertiary/aromatic N) is 1. The number of alkyl halides is 1. The molecule has 1 saturated heterocycles. The van der Waals surface area contributed by atoms with Crippen LogP contribution in [0, 0.1) is 0 Å². The molecule has 0 aromatic carbocycles. The number of ether oxygens (including phenoxy) is 1. The molecule has 5 heteroatoms. The number of carbonyl (C=O) groups excluding carboxylic acids is 1. The fraction of sp³-hybridized carbons (Fsp3) is 0.875. The average Bonchev–Trinajstić information content (AvgIpc) is 2.16. The van der Waals surface area contributed by atoms with Crippen LogP contribution in [-0.2, 0) is 9.53 Å². The lowest BCUT2D eigenvalue weighted by Gasteiger charge is -2.32. The van der Waals surface area contributed by atoms with Gasteiger partial charge in [0.1, 0.15) is 5.38 Å². The molecule has 1 aliphatic rings. The van der Waals surface area contributed by atoms with Crippen LogP contribution in [0.4, 0.5) is 0 Å². The number of halogens is 1. The fourth-order valence-corrected chi connectivity index (χ4v) is 1.42. The van der Waals surface area contributed by atoms with E-state index in [2.05, 4.69) is 0 Å². The minimum absolute atomic E-state index is 0.0551. The fourth-order valence-electron chi connectivity index (χ4n) is 1.28. The van der Waals surface area contributed by atoms with Crippen LogP contribution in [-0.4, -0.2) is 53.7 Å². The van der Waals surface area contributed by atoms with Crippen LogP contribution in [0.5, 0.6) is 0 Å². The summed E-state index contributed by atoms with van der Waals surface area (Å²) >= 11 is 5.66. The van der Waals surface area contributed by atoms with Gasteiger partial charge in [-0.15, -0.1) is 11.6 Å². The van der Waals surface area contributed by atoms with Crippen molar-refractivity contribution >= 4 is 17.5 Å². The molecular formula is C8H14ClNO3. The van der Waals surface area contributed by atoms with Crippen LogP contribution < -0.4 is 0 Å². The largest absolute Gasteiger partial charge is 0.394 e. The van der Waals surface area contributed by atoms with Crippen molar-refractivity contribution < 1.29 is 14.6 Å².